The highest BCUT2D eigenvalue weighted by Crippen LogP contribution is 2.16. The molecule has 0 aliphatic rings. The molecule has 0 saturated heterocycles. The number of carbonyl (C=O) groups excluding carboxylic acids is 1. The predicted molar refractivity (Wildman–Crippen MR) is 121 cm³/mol. The highest BCUT2D eigenvalue weighted by atomic mass is 32.1. The maximum absolute atomic E-state index is 12.5. The van der Waals surface area contributed by atoms with Gasteiger partial charge in [-0.3, -0.25) is 10.1 Å². The van der Waals surface area contributed by atoms with Gasteiger partial charge in [-0.2, -0.15) is 0 Å². The average molecular weight is 423 g/mol. The number of benzene rings is 3. The molecular weight excluding hydrogens is 400 g/mol. The Bertz CT molecular complexity index is 978. The van der Waals surface area contributed by atoms with Gasteiger partial charge < -0.3 is 19.5 Å². The normalized spacial score (nSPS) is 10.0. The number of nitrogens with one attached hydrogen (secondary N) is 2. The lowest BCUT2D eigenvalue weighted by atomic mass is 10.2. The van der Waals surface area contributed by atoms with Crippen molar-refractivity contribution in [1.29, 1.82) is 0 Å². The summed E-state index contributed by atoms with van der Waals surface area (Å²) >= 11 is 5.22. The molecule has 3 aromatic carbocycles. The third-order valence-electron chi connectivity index (χ3n) is 4.04. The Balaban J connectivity index is 1.47. The first-order valence-corrected chi connectivity index (χ1v) is 9.72. The number of ether oxygens (including phenoxy) is 3. The van der Waals surface area contributed by atoms with E-state index in [1.54, 1.807) is 43.5 Å². The summed E-state index contributed by atoms with van der Waals surface area (Å²) in [5.41, 5.74) is 1.19. The average Bonchev–Trinajstić information content (AvgIpc) is 2.78. The number of methoxy groups -OCH3 is 1. The van der Waals surface area contributed by atoms with Crippen molar-refractivity contribution in [3.05, 3.63) is 84.4 Å². The molecule has 0 saturated carbocycles. The summed E-state index contributed by atoms with van der Waals surface area (Å²) in [6.45, 7) is 0.758. The van der Waals surface area contributed by atoms with E-state index in [0.717, 1.165) is 17.2 Å². The van der Waals surface area contributed by atoms with Gasteiger partial charge in [0.1, 0.15) is 30.5 Å². The van der Waals surface area contributed by atoms with Gasteiger partial charge in [0.25, 0.3) is 5.91 Å². The van der Waals surface area contributed by atoms with Crippen molar-refractivity contribution in [2.75, 3.05) is 25.6 Å². The summed E-state index contributed by atoms with van der Waals surface area (Å²) in [5, 5.41) is 5.82. The Morgan fingerprint density at radius 3 is 2.20 bits per heavy atom. The van der Waals surface area contributed by atoms with Gasteiger partial charge in [0.15, 0.2) is 5.11 Å². The van der Waals surface area contributed by atoms with Gasteiger partial charge in [0.2, 0.25) is 0 Å². The van der Waals surface area contributed by atoms with Crippen LogP contribution in [0.2, 0.25) is 0 Å². The van der Waals surface area contributed by atoms with E-state index in [2.05, 4.69) is 10.6 Å². The maximum atomic E-state index is 12.5. The molecule has 6 nitrogen and oxygen atoms in total. The molecule has 0 heterocycles. The number of carbonyl (C=O) groups is 1. The minimum atomic E-state index is -0.327. The van der Waals surface area contributed by atoms with Crippen molar-refractivity contribution in [2.45, 2.75) is 0 Å². The molecule has 0 bridgehead atoms. The zero-order valence-corrected chi connectivity index (χ0v) is 17.3. The Labute approximate surface area is 180 Å². The fourth-order valence-electron chi connectivity index (χ4n) is 2.57. The molecule has 154 valence electrons. The number of hydrogen-bond donors (Lipinski definition) is 2. The zero-order valence-electron chi connectivity index (χ0n) is 16.5. The van der Waals surface area contributed by atoms with E-state index in [1.165, 1.54) is 0 Å². The highest BCUT2D eigenvalue weighted by Gasteiger charge is 2.09. The van der Waals surface area contributed by atoms with Crippen LogP contribution in [0.1, 0.15) is 10.4 Å². The summed E-state index contributed by atoms with van der Waals surface area (Å²) in [6, 6.07) is 23.6. The van der Waals surface area contributed by atoms with Crippen molar-refractivity contribution in [3.8, 4) is 17.2 Å². The van der Waals surface area contributed by atoms with Crippen molar-refractivity contribution < 1.29 is 19.0 Å². The fourth-order valence-corrected chi connectivity index (χ4v) is 2.79. The summed E-state index contributed by atoms with van der Waals surface area (Å²) in [7, 11) is 1.60. The van der Waals surface area contributed by atoms with Crippen LogP contribution in [-0.4, -0.2) is 31.3 Å². The first-order valence-electron chi connectivity index (χ1n) is 9.31. The Morgan fingerprint density at radius 1 is 0.833 bits per heavy atom. The second-order valence-electron chi connectivity index (χ2n) is 6.17. The molecule has 0 aliphatic heterocycles. The SMILES string of the molecule is COc1ccc(NC(=S)NC(=O)c2cccc(OCCOc3ccccc3)c2)cc1. The van der Waals surface area contributed by atoms with Gasteiger partial charge in [0.05, 0.1) is 7.11 Å². The molecule has 7 heteroatoms. The Kier molecular flexibility index (Phi) is 7.63. The second-order valence-corrected chi connectivity index (χ2v) is 6.58. The van der Waals surface area contributed by atoms with Crippen LogP contribution in [0.15, 0.2) is 78.9 Å². The summed E-state index contributed by atoms with van der Waals surface area (Å²) in [5.74, 6) is 1.77. The molecule has 0 unspecified atom stereocenters. The molecule has 0 aliphatic carbocycles. The molecule has 0 radical (unpaired) electrons. The largest absolute Gasteiger partial charge is 0.497 e. The lowest BCUT2D eigenvalue weighted by Crippen LogP contribution is -2.34. The van der Waals surface area contributed by atoms with Gasteiger partial charge in [-0.05, 0) is 66.8 Å². The molecule has 3 rings (SSSR count). The third kappa shape index (κ3) is 6.49. The molecule has 0 atom stereocenters. The van der Waals surface area contributed by atoms with Crippen molar-refractivity contribution >= 4 is 28.9 Å². The number of rotatable bonds is 8. The van der Waals surface area contributed by atoms with Gasteiger partial charge in [0, 0.05) is 11.3 Å². The van der Waals surface area contributed by atoms with Gasteiger partial charge >= 0.3 is 0 Å². The lowest BCUT2D eigenvalue weighted by Gasteiger charge is -2.11. The van der Waals surface area contributed by atoms with Gasteiger partial charge in [-0.15, -0.1) is 0 Å². The van der Waals surface area contributed by atoms with Crippen LogP contribution >= 0.6 is 12.2 Å². The Morgan fingerprint density at radius 2 is 1.50 bits per heavy atom. The van der Waals surface area contributed by atoms with Gasteiger partial charge in [-0.25, -0.2) is 0 Å². The van der Waals surface area contributed by atoms with Crippen LogP contribution in [-0.2, 0) is 0 Å². The molecule has 0 fully saturated rings. The number of anilines is 1. The van der Waals surface area contributed by atoms with Crippen molar-refractivity contribution in [1.82, 2.24) is 5.32 Å². The first kappa shape index (κ1) is 21.1. The van der Waals surface area contributed by atoms with Crippen LogP contribution in [0.3, 0.4) is 0 Å². The zero-order chi connectivity index (χ0) is 21.2. The minimum absolute atomic E-state index is 0.202. The summed E-state index contributed by atoms with van der Waals surface area (Å²) in [6.07, 6.45) is 0. The van der Waals surface area contributed by atoms with E-state index in [9.17, 15) is 4.79 Å². The quantitative estimate of drug-likeness (QED) is 0.417. The minimum Gasteiger partial charge on any atom is -0.497 e. The number of para-hydroxylation sites is 1. The van der Waals surface area contributed by atoms with Gasteiger partial charge in [-0.1, -0.05) is 24.3 Å². The standard InChI is InChI=1S/C23H22N2O4S/c1-27-19-12-10-18(11-13-19)24-23(30)25-22(26)17-6-5-9-21(16-17)29-15-14-28-20-7-3-2-4-8-20/h2-13,16H,14-15H2,1H3,(H2,24,25,26,30). The topological polar surface area (TPSA) is 68.8 Å². The molecule has 0 spiro atoms. The van der Waals surface area contributed by atoms with E-state index in [1.807, 2.05) is 42.5 Å². The van der Waals surface area contributed by atoms with E-state index in [4.69, 9.17) is 26.4 Å². The van der Waals surface area contributed by atoms with Crippen LogP contribution in [0.4, 0.5) is 5.69 Å². The summed E-state index contributed by atoms with van der Waals surface area (Å²) < 4.78 is 16.4. The summed E-state index contributed by atoms with van der Waals surface area (Å²) in [4.78, 5) is 12.5. The predicted octanol–water partition coefficient (Wildman–Crippen LogP) is 4.28. The number of amides is 1. The second kappa shape index (κ2) is 10.8. The van der Waals surface area contributed by atoms with Crippen molar-refractivity contribution in [3.63, 3.8) is 0 Å². The molecule has 3 aromatic rings. The van der Waals surface area contributed by atoms with E-state index in [0.29, 0.717) is 24.5 Å². The van der Waals surface area contributed by atoms with Crippen LogP contribution in [0, 0.1) is 0 Å². The highest BCUT2D eigenvalue weighted by molar-refractivity contribution is 7.80. The molecule has 30 heavy (non-hydrogen) atoms. The van der Waals surface area contributed by atoms with Crippen LogP contribution < -0.4 is 24.8 Å². The monoisotopic (exact) mass is 422 g/mol. The van der Waals surface area contributed by atoms with E-state index >= 15 is 0 Å². The Hall–Kier alpha value is -3.58. The number of thiocarbonyl (C=S) groups is 1. The molecule has 0 aromatic heterocycles. The smallest absolute Gasteiger partial charge is 0.257 e. The lowest BCUT2D eigenvalue weighted by molar-refractivity contribution is 0.0977. The number of hydrogen-bond acceptors (Lipinski definition) is 5. The van der Waals surface area contributed by atoms with Crippen LogP contribution in [0.25, 0.3) is 0 Å². The van der Waals surface area contributed by atoms with Crippen molar-refractivity contribution in [2.24, 2.45) is 0 Å². The van der Waals surface area contributed by atoms with Crippen LogP contribution in [0.5, 0.6) is 17.2 Å². The maximum Gasteiger partial charge on any atom is 0.257 e. The fraction of sp³-hybridized carbons (Fsp3) is 0.130. The van der Waals surface area contributed by atoms with E-state index in [-0.39, 0.29) is 11.0 Å². The third-order valence-corrected chi connectivity index (χ3v) is 4.24. The van der Waals surface area contributed by atoms with E-state index < -0.39 is 0 Å². The molecule has 2 N–H and O–H groups in total. The molecular formula is C23H22N2O4S. The molecule has 1 amide bonds. The first-order chi connectivity index (χ1) is 14.6.